The standard InChI is InChI=1S/C28H28ClN5O2S/c29-24-18-25(32-28(31-24)37-20-26(35)30-19-23-12-7-17-36-23)33-13-15-34(16-14-33)27(21-8-3-1-4-9-21)22-10-5-2-6-11-22/h1-12,17-18,27H,13-16,19-20H2,(H,30,35). The molecule has 2 aromatic carbocycles. The zero-order chi connectivity index (χ0) is 25.5. The van der Waals surface area contributed by atoms with Crippen molar-refractivity contribution in [1.82, 2.24) is 20.2 Å². The van der Waals surface area contributed by atoms with E-state index in [2.05, 4.69) is 80.8 Å². The highest BCUT2D eigenvalue weighted by atomic mass is 35.5. The number of furan rings is 1. The second-order valence-electron chi connectivity index (χ2n) is 8.72. The highest BCUT2D eigenvalue weighted by molar-refractivity contribution is 7.99. The van der Waals surface area contributed by atoms with Gasteiger partial charge in [0.05, 0.1) is 24.6 Å². The van der Waals surface area contributed by atoms with Gasteiger partial charge < -0.3 is 14.6 Å². The zero-order valence-corrected chi connectivity index (χ0v) is 21.9. The van der Waals surface area contributed by atoms with Gasteiger partial charge in [0.2, 0.25) is 5.91 Å². The highest BCUT2D eigenvalue weighted by Gasteiger charge is 2.27. The van der Waals surface area contributed by atoms with Crippen molar-refractivity contribution in [1.29, 1.82) is 0 Å². The Bertz CT molecular complexity index is 1240. The number of hydrogen-bond donors (Lipinski definition) is 1. The Labute approximate surface area is 225 Å². The van der Waals surface area contributed by atoms with Crippen molar-refractivity contribution in [3.8, 4) is 0 Å². The number of carbonyl (C=O) groups excluding carboxylic acids is 1. The van der Waals surface area contributed by atoms with Gasteiger partial charge in [-0.25, -0.2) is 9.97 Å². The summed E-state index contributed by atoms with van der Waals surface area (Å²) in [6, 6.07) is 26.9. The van der Waals surface area contributed by atoms with E-state index in [0.29, 0.717) is 22.6 Å². The van der Waals surface area contributed by atoms with Gasteiger partial charge in [-0.2, -0.15) is 0 Å². The first-order valence-electron chi connectivity index (χ1n) is 12.2. The number of benzene rings is 2. The predicted octanol–water partition coefficient (Wildman–Crippen LogP) is 5.04. The average molecular weight is 534 g/mol. The van der Waals surface area contributed by atoms with Crippen LogP contribution in [0.5, 0.6) is 0 Å². The van der Waals surface area contributed by atoms with Crippen LogP contribution in [-0.2, 0) is 11.3 Å². The Kier molecular flexibility index (Phi) is 8.40. The third-order valence-electron chi connectivity index (χ3n) is 6.27. The van der Waals surface area contributed by atoms with Gasteiger partial charge >= 0.3 is 0 Å². The van der Waals surface area contributed by atoms with Gasteiger partial charge in [-0.1, -0.05) is 84.0 Å². The molecular weight excluding hydrogens is 506 g/mol. The van der Waals surface area contributed by atoms with Crippen molar-refractivity contribution in [3.05, 3.63) is 107 Å². The molecule has 7 nitrogen and oxygen atoms in total. The number of aromatic nitrogens is 2. The number of thioether (sulfide) groups is 1. The summed E-state index contributed by atoms with van der Waals surface area (Å²) < 4.78 is 5.25. The lowest BCUT2D eigenvalue weighted by atomic mass is 9.96. The molecule has 1 amide bonds. The van der Waals surface area contributed by atoms with E-state index in [0.717, 1.165) is 32.0 Å². The minimum absolute atomic E-state index is 0.118. The largest absolute Gasteiger partial charge is 0.467 e. The summed E-state index contributed by atoms with van der Waals surface area (Å²) in [5.74, 6) is 1.58. The molecule has 0 aliphatic carbocycles. The highest BCUT2D eigenvalue weighted by Crippen LogP contribution is 2.30. The Morgan fingerprint density at radius 1 is 0.946 bits per heavy atom. The summed E-state index contributed by atoms with van der Waals surface area (Å²) in [6.45, 7) is 3.75. The maximum absolute atomic E-state index is 12.2. The number of amides is 1. The van der Waals surface area contributed by atoms with Gasteiger partial charge in [0.15, 0.2) is 5.16 Å². The van der Waals surface area contributed by atoms with Gasteiger partial charge in [0.1, 0.15) is 16.7 Å². The summed E-state index contributed by atoms with van der Waals surface area (Å²) in [5, 5.41) is 3.70. The number of anilines is 1. The summed E-state index contributed by atoms with van der Waals surface area (Å²) in [4.78, 5) is 26.0. The molecule has 37 heavy (non-hydrogen) atoms. The smallest absolute Gasteiger partial charge is 0.230 e. The van der Waals surface area contributed by atoms with Crippen molar-refractivity contribution in [2.75, 3.05) is 36.8 Å². The zero-order valence-electron chi connectivity index (χ0n) is 20.3. The van der Waals surface area contributed by atoms with Gasteiger partial charge in [0, 0.05) is 32.2 Å². The fraction of sp³-hybridized carbons (Fsp3) is 0.250. The molecule has 2 aromatic heterocycles. The summed E-state index contributed by atoms with van der Waals surface area (Å²) in [5.41, 5.74) is 2.58. The van der Waals surface area contributed by atoms with Crippen molar-refractivity contribution >= 4 is 35.1 Å². The lowest BCUT2D eigenvalue weighted by molar-refractivity contribution is -0.118. The Morgan fingerprint density at radius 3 is 2.24 bits per heavy atom. The van der Waals surface area contributed by atoms with Gasteiger partial charge in [-0.05, 0) is 23.3 Å². The average Bonchev–Trinajstić information content (AvgIpc) is 3.46. The van der Waals surface area contributed by atoms with Crippen molar-refractivity contribution in [2.24, 2.45) is 0 Å². The summed E-state index contributed by atoms with van der Waals surface area (Å²) >= 11 is 7.61. The molecule has 4 aromatic rings. The van der Waals surface area contributed by atoms with Crippen LogP contribution < -0.4 is 10.2 Å². The Hall–Kier alpha value is -3.33. The number of nitrogens with zero attached hydrogens (tertiary/aromatic N) is 4. The van der Waals surface area contributed by atoms with E-state index in [1.54, 1.807) is 18.4 Å². The van der Waals surface area contributed by atoms with E-state index in [1.165, 1.54) is 22.9 Å². The molecule has 9 heteroatoms. The fourth-order valence-electron chi connectivity index (χ4n) is 4.49. The molecule has 3 heterocycles. The molecule has 0 spiro atoms. The molecule has 5 rings (SSSR count). The van der Waals surface area contributed by atoms with Crippen LogP contribution in [0.3, 0.4) is 0 Å². The van der Waals surface area contributed by atoms with E-state index in [1.807, 2.05) is 6.07 Å². The van der Waals surface area contributed by atoms with E-state index >= 15 is 0 Å². The molecule has 1 N–H and O–H groups in total. The van der Waals surface area contributed by atoms with Crippen molar-refractivity contribution in [3.63, 3.8) is 0 Å². The van der Waals surface area contributed by atoms with Crippen LogP contribution in [0.1, 0.15) is 22.9 Å². The minimum atomic E-state index is -0.118. The van der Waals surface area contributed by atoms with Crippen molar-refractivity contribution in [2.45, 2.75) is 17.7 Å². The summed E-state index contributed by atoms with van der Waals surface area (Å²) in [7, 11) is 0. The van der Waals surface area contributed by atoms with Crippen LogP contribution in [0.2, 0.25) is 5.15 Å². The molecule has 0 saturated carbocycles. The molecule has 0 atom stereocenters. The first kappa shape index (κ1) is 25.3. The van der Waals surface area contributed by atoms with Crippen LogP contribution in [0.25, 0.3) is 0 Å². The fourth-order valence-corrected chi connectivity index (χ4v) is 5.40. The molecule has 1 saturated heterocycles. The Morgan fingerprint density at radius 2 is 1.62 bits per heavy atom. The van der Waals surface area contributed by atoms with E-state index in [4.69, 9.17) is 21.0 Å². The van der Waals surface area contributed by atoms with Gasteiger partial charge in [0.25, 0.3) is 0 Å². The SMILES string of the molecule is O=C(CSc1nc(Cl)cc(N2CCN(C(c3ccccc3)c3ccccc3)CC2)n1)NCc1ccco1. The molecule has 1 aliphatic heterocycles. The van der Waals surface area contributed by atoms with Crippen LogP contribution in [0, 0.1) is 0 Å². The molecular formula is C28H28ClN5O2S. The van der Waals surface area contributed by atoms with Crippen LogP contribution in [0.4, 0.5) is 5.82 Å². The molecule has 1 fully saturated rings. The lowest BCUT2D eigenvalue weighted by Gasteiger charge is -2.40. The number of hydrogen-bond acceptors (Lipinski definition) is 7. The molecule has 190 valence electrons. The number of carbonyl (C=O) groups is 1. The lowest BCUT2D eigenvalue weighted by Crippen LogP contribution is -2.48. The van der Waals surface area contributed by atoms with Crippen LogP contribution in [-0.4, -0.2) is 52.7 Å². The van der Waals surface area contributed by atoms with E-state index in [-0.39, 0.29) is 17.7 Å². The maximum Gasteiger partial charge on any atom is 0.230 e. The van der Waals surface area contributed by atoms with Crippen LogP contribution in [0.15, 0.2) is 94.7 Å². The van der Waals surface area contributed by atoms with Gasteiger partial charge in [-0.15, -0.1) is 0 Å². The van der Waals surface area contributed by atoms with Crippen LogP contribution >= 0.6 is 23.4 Å². The quantitative estimate of drug-likeness (QED) is 0.183. The monoisotopic (exact) mass is 533 g/mol. The topological polar surface area (TPSA) is 74.5 Å². The number of piperazine rings is 1. The van der Waals surface area contributed by atoms with Gasteiger partial charge in [-0.3, -0.25) is 9.69 Å². The third-order valence-corrected chi connectivity index (χ3v) is 7.31. The number of nitrogens with one attached hydrogen (secondary N) is 1. The molecule has 0 unspecified atom stereocenters. The number of halogens is 1. The second-order valence-corrected chi connectivity index (χ2v) is 10.1. The molecule has 1 aliphatic rings. The van der Waals surface area contributed by atoms with Crippen molar-refractivity contribution < 1.29 is 9.21 Å². The second kappa shape index (κ2) is 12.3. The maximum atomic E-state index is 12.2. The number of rotatable bonds is 9. The molecule has 0 radical (unpaired) electrons. The Balaban J connectivity index is 1.21. The normalized spacial score (nSPS) is 14.2. The third kappa shape index (κ3) is 6.71. The van der Waals surface area contributed by atoms with E-state index < -0.39 is 0 Å². The summed E-state index contributed by atoms with van der Waals surface area (Å²) in [6.07, 6.45) is 1.58. The first-order valence-corrected chi connectivity index (χ1v) is 13.6. The van der Waals surface area contributed by atoms with E-state index in [9.17, 15) is 4.79 Å². The molecule has 0 bridgehead atoms. The predicted molar refractivity (Wildman–Crippen MR) is 147 cm³/mol. The minimum Gasteiger partial charge on any atom is -0.467 e. The first-order chi connectivity index (χ1) is 18.2.